The van der Waals surface area contributed by atoms with Crippen molar-refractivity contribution in [3.63, 3.8) is 0 Å². The van der Waals surface area contributed by atoms with Gasteiger partial charge in [0.2, 0.25) is 0 Å². The Morgan fingerprint density at radius 1 is 1.06 bits per heavy atom. The minimum atomic E-state index is 0.0226. The first kappa shape index (κ1) is 10.5. The molecule has 84 valence electrons. The molecule has 0 fully saturated rings. The van der Waals surface area contributed by atoms with Crippen LogP contribution < -0.4 is 4.74 Å². The topological polar surface area (TPSA) is 26.3 Å². The fourth-order valence-electron chi connectivity index (χ4n) is 1.97. The van der Waals surface area contributed by atoms with Crippen molar-refractivity contribution < 1.29 is 9.53 Å². The van der Waals surface area contributed by atoms with Crippen molar-refractivity contribution >= 4 is 21.7 Å². The molecule has 1 aliphatic heterocycles. The Labute approximate surface area is 107 Å². The molecule has 0 saturated carbocycles. The summed E-state index contributed by atoms with van der Waals surface area (Å²) in [5, 5.41) is 0. The Morgan fingerprint density at radius 2 is 1.88 bits per heavy atom. The zero-order chi connectivity index (χ0) is 11.8. The van der Waals surface area contributed by atoms with Crippen molar-refractivity contribution in [2.45, 2.75) is 6.61 Å². The molecule has 0 aliphatic carbocycles. The molecule has 17 heavy (non-hydrogen) atoms. The molecule has 0 atom stereocenters. The van der Waals surface area contributed by atoms with E-state index in [4.69, 9.17) is 4.74 Å². The van der Waals surface area contributed by atoms with Crippen LogP contribution in [0, 0.1) is 0 Å². The minimum absolute atomic E-state index is 0.0226. The SMILES string of the molecule is O=C1c2ccccc2COc2ccc(Br)cc21. The van der Waals surface area contributed by atoms with Crippen LogP contribution in [-0.2, 0) is 6.61 Å². The summed E-state index contributed by atoms with van der Waals surface area (Å²) in [7, 11) is 0. The predicted molar refractivity (Wildman–Crippen MR) is 68.3 cm³/mol. The lowest BCUT2D eigenvalue weighted by Crippen LogP contribution is -2.02. The van der Waals surface area contributed by atoms with Gasteiger partial charge < -0.3 is 4.74 Å². The second-order valence-electron chi connectivity index (χ2n) is 3.92. The second kappa shape index (κ2) is 4.00. The molecule has 0 radical (unpaired) electrons. The predicted octanol–water partition coefficient (Wildman–Crippen LogP) is 3.57. The summed E-state index contributed by atoms with van der Waals surface area (Å²) in [6.45, 7) is 0.441. The Balaban J connectivity index is 2.22. The second-order valence-corrected chi connectivity index (χ2v) is 4.83. The number of benzene rings is 2. The van der Waals surface area contributed by atoms with Crippen molar-refractivity contribution in [3.8, 4) is 5.75 Å². The van der Waals surface area contributed by atoms with E-state index in [0.717, 1.165) is 15.6 Å². The monoisotopic (exact) mass is 288 g/mol. The average Bonchev–Trinajstić information content (AvgIpc) is 2.49. The number of carbonyl (C=O) groups excluding carboxylic acids is 1. The zero-order valence-electron chi connectivity index (χ0n) is 8.94. The standard InChI is InChI=1S/C14H9BrO2/c15-10-5-6-13-12(7-10)14(16)11-4-2-1-3-9(11)8-17-13/h1-7H,8H2. The van der Waals surface area contributed by atoms with Gasteiger partial charge >= 0.3 is 0 Å². The van der Waals surface area contributed by atoms with Crippen LogP contribution in [0.25, 0.3) is 0 Å². The maximum absolute atomic E-state index is 12.4. The molecule has 0 aromatic heterocycles. The molecule has 3 heteroatoms. The van der Waals surface area contributed by atoms with Crippen molar-refractivity contribution in [1.29, 1.82) is 0 Å². The summed E-state index contributed by atoms with van der Waals surface area (Å²) < 4.78 is 6.54. The van der Waals surface area contributed by atoms with Gasteiger partial charge in [-0.15, -0.1) is 0 Å². The van der Waals surface area contributed by atoms with Crippen molar-refractivity contribution in [1.82, 2.24) is 0 Å². The van der Waals surface area contributed by atoms with Crippen molar-refractivity contribution in [3.05, 3.63) is 63.6 Å². The van der Waals surface area contributed by atoms with Crippen LogP contribution in [0.1, 0.15) is 21.5 Å². The molecule has 1 heterocycles. The highest BCUT2D eigenvalue weighted by Crippen LogP contribution is 2.30. The zero-order valence-corrected chi connectivity index (χ0v) is 10.5. The lowest BCUT2D eigenvalue weighted by molar-refractivity contribution is 0.103. The number of halogens is 1. The van der Waals surface area contributed by atoms with Crippen LogP contribution in [0.2, 0.25) is 0 Å². The fourth-order valence-corrected chi connectivity index (χ4v) is 2.33. The Kier molecular flexibility index (Phi) is 2.48. The molecule has 1 aliphatic rings. The maximum atomic E-state index is 12.4. The molecular weight excluding hydrogens is 280 g/mol. The Hall–Kier alpha value is -1.61. The van der Waals surface area contributed by atoms with E-state index in [0.29, 0.717) is 17.9 Å². The first-order chi connectivity index (χ1) is 8.25. The molecule has 0 N–H and O–H groups in total. The number of fused-ring (bicyclic) bond motifs is 2. The highest BCUT2D eigenvalue weighted by Gasteiger charge is 2.21. The average molecular weight is 289 g/mol. The van der Waals surface area contributed by atoms with Gasteiger partial charge in [-0.1, -0.05) is 40.2 Å². The van der Waals surface area contributed by atoms with Gasteiger partial charge in [0.1, 0.15) is 12.4 Å². The van der Waals surface area contributed by atoms with Crippen LogP contribution >= 0.6 is 15.9 Å². The fraction of sp³-hybridized carbons (Fsp3) is 0.0714. The van der Waals surface area contributed by atoms with Crippen LogP contribution in [0.5, 0.6) is 5.75 Å². The van der Waals surface area contributed by atoms with E-state index >= 15 is 0 Å². The van der Waals surface area contributed by atoms with Gasteiger partial charge in [-0.05, 0) is 18.2 Å². The molecule has 2 nitrogen and oxygen atoms in total. The van der Waals surface area contributed by atoms with E-state index in [9.17, 15) is 4.79 Å². The minimum Gasteiger partial charge on any atom is -0.488 e. The quantitative estimate of drug-likeness (QED) is 0.741. The number of hydrogen-bond acceptors (Lipinski definition) is 2. The molecule has 0 bridgehead atoms. The summed E-state index contributed by atoms with van der Waals surface area (Å²) in [4.78, 5) is 12.4. The largest absolute Gasteiger partial charge is 0.488 e. The summed E-state index contributed by atoms with van der Waals surface area (Å²) in [5.41, 5.74) is 2.28. The first-order valence-corrected chi connectivity index (χ1v) is 6.10. The van der Waals surface area contributed by atoms with E-state index in [2.05, 4.69) is 15.9 Å². The van der Waals surface area contributed by atoms with E-state index in [1.807, 2.05) is 36.4 Å². The molecular formula is C14H9BrO2. The summed E-state index contributed by atoms with van der Waals surface area (Å²) in [5.74, 6) is 0.670. The van der Waals surface area contributed by atoms with Gasteiger partial charge in [-0.3, -0.25) is 4.79 Å². The van der Waals surface area contributed by atoms with Crippen LogP contribution in [0.15, 0.2) is 46.9 Å². The third-order valence-corrected chi connectivity index (χ3v) is 3.32. The van der Waals surface area contributed by atoms with E-state index in [1.165, 1.54) is 0 Å². The normalized spacial score (nSPS) is 13.4. The van der Waals surface area contributed by atoms with Crippen LogP contribution in [0.3, 0.4) is 0 Å². The van der Waals surface area contributed by atoms with E-state index < -0.39 is 0 Å². The van der Waals surface area contributed by atoms with Gasteiger partial charge in [0.05, 0.1) is 5.56 Å². The van der Waals surface area contributed by atoms with Gasteiger partial charge in [0, 0.05) is 15.6 Å². The highest BCUT2D eigenvalue weighted by atomic mass is 79.9. The summed E-state index contributed by atoms with van der Waals surface area (Å²) in [6.07, 6.45) is 0. The van der Waals surface area contributed by atoms with Crippen LogP contribution in [-0.4, -0.2) is 5.78 Å². The van der Waals surface area contributed by atoms with E-state index in [-0.39, 0.29) is 5.78 Å². The lowest BCUT2D eigenvalue weighted by atomic mass is 9.99. The number of ether oxygens (including phenoxy) is 1. The first-order valence-electron chi connectivity index (χ1n) is 5.30. The van der Waals surface area contributed by atoms with Crippen molar-refractivity contribution in [2.75, 3.05) is 0 Å². The Morgan fingerprint density at radius 3 is 2.76 bits per heavy atom. The number of rotatable bonds is 0. The Bertz CT molecular complexity index is 605. The number of carbonyl (C=O) groups is 1. The highest BCUT2D eigenvalue weighted by molar-refractivity contribution is 9.10. The molecule has 2 aromatic rings. The summed E-state index contributed by atoms with van der Waals surface area (Å²) in [6, 6.07) is 13.1. The van der Waals surface area contributed by atoms with Gasteiger partial charge in [-0.25, -0.2) is 0 Å². The molecule has 0 spiro atoms. The van der Waals surface area contributed by atoms with E-state index in [1.54, 1.807) is 6.07 Å². The third-order valence-electron chi connectivity index (χ3n) is 2.83. The third kappa shape index (κ3) is 1.76. The lowest BCUT2D eigenvalue weighted by Gasteiger charge is -2.05. The summed E-state index contributed by atoms with van der Waals surface area (Å²) >= 11 is 3.38. The molecule has 2 aromatic carbocycles. The molecule has 0 saturated heterocycles. The number of ketones is 1. The molecule has 0 unspecified atom stereocenters. The van der Waals surface area contributed by atoms with Gasteiger partial charge in [-0.2, -0.15) is 0 Å². The smallest absolute Gasteiger partial charge is 0.197 e. The maximum Gasteiger partial charge on any atom is 0.197 e. The van der Waals surface area contributed by atoms with Crippen molar-refractivity contribution in [2.24, 2.45) is 0 Å². The number of hydrogen-bond donors (Lipinski definition) is 0. The molecule has 0 amide bonds. The van der Waals surface area contributed by atoms with Gasteiger partial charge in [0.15, 0.2) is 5.78 Å². The molecule has 3 rings (SSSR count). The van der Waals surface area contributed by atoms with Gasteiger partial charge in [0.25, 0.3) is 0 Å². The van der Waals surface area contributed by atoms with Crippen LogP contribution in [0.4, 0.5) is 0 Å².